The standard InChI is InChI=1S/C15H29NO2/c1-12(2)18-11-10-16-9-5-7-14(16)13-6-3-4-8-15(13)17/h12-15,17H,3-11H2,1-2H3. The lowest BCUT2D eigenvalue weighted by Gasteiger charge is -2.37. The minimum Gasteiger partial charge on any atom is -0.393 e. The molecule has 2 rings (SSSR count). The van der Waals surface area contributed by atoms with Gasteiger partial charge in [-0.25, -0.2) is 0 Å². The average molecular weight is 255 g/mol. The highest BCUT2D eigenvalue weighted by atomic mass is 16.5. The van der Waals surface area contributed by atoms with Crippen LogP contribution < -0.4 is 0 Å². The number of nitrogens with zero attached hydrogens (tertiary/aromatic N) is 1. The van der Waals surface area contributed by atoms with Gasteiger partial charge >= 0.3 is 0 Å². The SMILES string of the molecule is CC(C)OCCN1CCCC1C1CCCCC1O. The molecule has 0 aromatic heterocycles. The molecule has 0 aromatic carbocycles. The molecule has 1 saturated carbocycles. The van der Waals surface area contributed by atoms with E-state index in [2.05, 4.69) is 18.7 Å². The molecule has 1 heterocycles. The van der Waals surface area contributed by atoms with Crippen molar-refractivity contribution in [3.05, 3.63) is 0 Å². The van der Waals surface area contributed by atoms with Crippen molar-refractivity contribution in [2.45, 2.75) is 70.6 Å². The Morgan fingerprint density at radius 2 is 1.94 bits per heavy atom. The topological polar surface area (TPSA) is 32.7 Å². The molecule has 1 aliphatic carbocycles. The molecule has 18 heavy (non-hydrogen) atoms. The molecule has 3 atom stereocenters. The summed E-state index contributed by atoms with van der Waals surface area (Å²) < 4.78 is 5.66. The highest BCUT2D eigenvalue weighted by Crippen LogP contribution is 2.34. The highest BCUT2D eigenvalue weighted by Gasteiger charge is 2.36. The van der Waals surface area contributed by atoms with E-state index in [0.29, 0.717) is 18.1 Å². The quantitative estimate of drug-likeness (QED) is 0.819. The number of rotatable bonds is 5. The monoisotopic (exact) mass is 255 g/mol. The van der Waals surface area contributed by atoms with Crippen molar-refractivity contribution in [2.24, 2.45) is 5.92 Å². The Hall–Kier alpha value is -0.120. The van der Waals surface area contributed by atoms with Gasteiger partial charge in [0.1, 0.15) is 0 Å². The maximum absolute atomic E-state index is 10.2. The van der Waals surface area contributed by atoms with Gasteiger partial charge in [-0.1, -0.05) is 12.8 Å². The van der Waals surface area contributed by atoms with Crippen LogP contribution in [0.1, 0.15) is 52.4 Å². The van der Waals surface area contributed by atoms with Crippen LogP contribution in [0, 0.1) is 5.92 Å². The molecule has 0 amide bonds. The van der Waals surface area contributed by atoms with E-state index >= 15 is 0 Å². The second kappa shape index (κ2) is 6.88. The van der Waals surface area contributed by atoms with Gasteiger partial charge in [0.25, 0.3) is 0 Å². The summed E-state index contributed by atoms with van der Waals surface area (Å²) in [6, 6.07) is 0.607. The fourth-order valence-corrected chi connectivity index (χ4v) is 3.61. The van der Waals surface area contributed by atoms with E-state index < -0.39 is 0 Å². The third-order valence-electron chi connectivity index (χ3n) is 4.52. The number of hydrogen-bond acceptors (Lipinski definition) is 3. The van der Waals surface area contributed by atoms with Gasteiger partial charge in [0.15, 0.2) is 0 Å². The van der Waals surface area contributed by atoms with Crippen LogP contribution in [0.5, 0.6) is 0 Å². The first-order chi connectivity index (χ1) is 8.68. The van der Waals surface area contributed by atoms with Gasteiger partial charge in [-0.3, -0.25) is 4.90 Å². The van der Waals surface area contributed by atoms with Crippen LogP contribution in [0.15, 0.2) is 0 Å². The maximum atomic E-state index is 10.2. The van der Waals surface area contributed by atoms with E-state index in [1.807, 2.05) is 0 Å². The van der Waals surface area contributed by atoms with Crippen molar-refractivity contribution in [1.82, 2.24) is 4.90 Å². The second-order valence-corrected chi connectivity index (χ2v) is 6.18. The summed E-state index contributed by atoms with van der Waals surface area (Å²) in [5.41, 5.74) is 0. The Morgan fingerprint density at radius 1 is 1.17 bits per heavy atom. The molecule has 0 bridgehead atoms. The maximum Gasteiger partial charge on any atom is 0.0597 e. The average Bonchev–Trinajstić information content (AvgIpc) is 2.77. The number of aliphatic hydroxyl groups excluding tert-OH is 1. The molecule has 2 aliphatic rings. The minimum absolute atomic E-state index is 0.0598. The van der Waals surface area contributed by atoms with Crippen molar-refractivity contribution in [3.8, 4) is 0 Å². The van der Waals surface area contributed by atoms with Crippen LogP contribution in [-0.4, -0.2) is 48.0 Å². The Morgan fingerprint density at radius 3 is 2.67 bits per heavy atom. The fraction of sp³-hybridized carbons (Fsp3) is 1.00. The third kappa shape index (κ3) is 3.69. The van der Waals surface area contributed by atoms with E-state index in [1.54, 1.807) is 0 Å². The Labute approximate surface area is 112 Å². The first-order valence-corrected chi connectivity index (χ1v) is 7.72. The fourth-order valence-electron chi connectivity index (χ4n) is 3.61. The summed E-state index contributed by atoms with van der Waals surface area (Å²) in [5.74, 6) is 0.514. The smallest absolute Gasteiger partial charge is 0.0597 e. The zero-order valence-corrected chi connectivity index (χ0v) is 12.0. The first kappa shape index (κ1) is 14.3. The van der Waals surface area contributed by atoms with E-state index in [1.165, 1.54) is 38.6 Å². The predicted molar refractivity (Wildman–Crippen MR) is 73.6 cm³/mol. The molecule has 0 radical (unpaired) electrons. The summed E-state index contributed by atoms with van der Waals surface area (Å²) in [6.45, 7) is 7.23. The van der Waals surface area contributed by atoms with Crippen LogP contribution >= 0.6 is 0 Å². The minimum atomic E-state index is -0.0598. The number of likely N-dealkylation sites (tertiary alicyclic amines) is 1. The predicted octanol–water partition coefficient (Wildman–Crippen LogP) is 2.43. The molecule has 0 aromatic rings. The zero-order valence-electron chi connectivity index (χ0n) is 12.0. The summed E-state index contributed by atoms with van der Waals surface area (Å²) in [5, 5.41) is 10.2. The van der Waals surface area contributed by atoms with Crippen LogP contribution in [-0.2, 0) is 4.74 Å². The molecule has 0 spiro atoms. The molecule has 1 aliphatic heterocycles. The van der Waals surface area contributed by atoms with Crippen LogP contribution in [0.3, 0.4) is 0 Å². The van der Waals surface area contributed by atoms with Crippen molar-refractivity contribution in [3.63, 3.8) is 0 Å². The van der Waals surface area contributed by atoms with Gasteiger partial charge in [0.2, 0.25) is 0 Å². The number of hydrogen-bond donors (Lipinski definition) is 1. The first-order valence-electron chi connectivity index (χ1n) is 7.72. The summed E-state index contributed by atoms with van der Waals surface area (Å²) in [6.07, 6.45) is 7.56. The van der Waals surface area contributed by atoms with Crippen molar-refractivity contribution in [2.75, 3.05) is 19.7 Å². The lowest BCUT2D eigenvalue weighted by molar-refractivity contribution is 0.00632. The van der Waals surface area contributed by atoms with Crippen molar-refractivity contribution >= 4 is 0 Å². The molecular formula is C15H29NO2. The Balaban J connectivity index is 1.82. The molecule has 3 unspecified atom stereocenters. The molecule has 3 heteroatoms. The third-order valence-corrected chi connectivity index (χ3v) is 4.52. The summed E-state index contributed by atoms with van der Waals surface area (Å²) in [7, 11) is 0. The molecule has 1 N–H and O–H groups in total. The number of ether oxygens (including phenoxy) is 1. The second-order valence-electron chi connectivity index (χ2n) is 6.18. The Bertz CT molecular complexity index is 245. The van der Waals surface area contributed by atoms with Gasteiger partial charge in [-0.15, -0.1) is 0 Å². The molecule has 3 nitrogen and oxygen atoms in total. The van der Waals surface area contributed by atoms with Gasteiger partial charge in [-0.2, -0.15) is 0 Å². The van der Waals surface area contributed by atoms with Gasteiger partial charge < -0.3 is 9.84 Å². The van der Waals surface area contributed by atoms with Crippen LogP contribution in [0.2, 0.25) is 0 Å². The number of aliphatic hydroxyl groups is 1. The van der Waals surface area contributed by atoms with E-state index in [0.717, 1.165) is 19.6 Å². The van der Waals surface area contributed by atoms with Gasteiger partial charge in [-0.05, 0) is 46.1 Å². The van der Waals surface area contributed by atoms with Gasteiger partial charge in [0.05, 0.1) is 18.8 Å². The molecule has 1 saturated heterocycles. The summed E-state index contributed by atoms with van der Waals surface area (Å²) in [4.78, 5) is 2.56. The lowest BCUT2D eigenvalue weighted by atomic mass is 9.80. The van der Waals surface area contributed by atoms with Crippen LogP contribution in [0.4, 0.5) is 0 Å². The molecule has 106 valence electrons. The van der Waals surface area contributed by atoms with E-state index in [4.69, 9.17) is 4.74 Å². The zero-order chi connectivity index (χ0) is 13.0. The highest BCUT2D eigenvalue weighted by molar-refractivity contribution is 4.90. The Kier molecular flexibility index (Phi) is 5.46. The van der Waals surface area contributed by atoms with Crippen molar-refractivity contribution < 1.29 is 9.84 Å². The lowest BCUT2D eigenvalue weighted by Crippen LogP contribution is -2.43. The largest absolute Gasteiger partial charge is 0.393 e. The van der Waals surface area contributed by atoms with Crippen molar-refractivity contribution in [1.29, 1.82) is 0 Å². The van der Waals surface area contributed by atoms with E-state index in [9.17, 15) is 5.11 Å². The summed E-state index contributed by atoms with van der Waals surface area (Å²) >= 11 is 0. The normalized spacial score (nSPS) is 34.3. The van der Waals surface area contributed by atoms with E-state index in [-0.39, 0.29) is 6.10 Å². The molecular weight excluding hydrogens is 226 g/mol. The molecule has 2 fully saturated rings. The van der Waals surface area contributed by atoms with Gasteiger partial charge in [0, 0.05) is 18.5 Å². The van der Waals surface area contributed by atoms with Crippen LogP contribution in [0.25, 0.3) is 0 Å².